The smallest absolute Gasteiger partial charge is 0.416 e. The number of ether oxygens (including phenoxy) is 1. The third-order valence-corrected chi connectivity index (χ3v) is 4.91. The normalized spacial score (nSPS) is 12.7. The van der Waals surface area contributed by atoms with E-state index in [2.05, 4.69) is 5.10 Å². The first-order valence-corrected chi connectivity index (χ1v) is 9.89. The molecule has 0 aliphatic heterocycles. The van der Waals surface area contributed by atoms with E-state index in [9.17, 15) is 23.1 Å². The SMILES string of the molecule is CCOc1c(C)cccc1Cn1nc(-c2ccc(Cl)cc2)n(C[C@H](O)C(F)(F)F)c1=O. The zero-order chi connectivity index (χ0) is 22.8. The zero-order valence-electron chi connectivity index (χ0n) is 16.9. The van der Waals surface area contributed by atoms with Crippen molar-refractivity contribution in [1.29, 1.82) is 0 Å². The van der Waals surface area contributed by atoms with Crippen LogP contribution in [0.2, 0.25) is 5.02 Å². The Hall–Kier alpha value is -2.78. The lowest BCUT2D eigenvalue weighted by Gasteiger charge is -2.15. The van der Waals surface area contributed by atoms with Crippen LogP contribution in [-0.2, 0) is 13.1 Å². The number of benzene rings is 2. The van der Waals surface area contributed by atoms with Gasteiger partial charge in [0.25, 0.3) is 0 Å². The van der Waals surface area contributed by atoms with Crippen LogP contribution in [0.4, 0.5) is 13.2 Å². The van der Waals surface area contributed by atoms with Crippen LogP contribution in [0.15, 0.2) is 47.3 Å². The second kappa shape index (κ2) is 9.15. The van der Waals surface area contributed by atoms with Gasteiger partial charge in [0, 0.05) is 16.1 Å². The summed E-state index contributed by atoms with van der Waals surface area (Å²) in [7, 11) is 0. The van der Waals surface area contributed by atoms with Gasteiger partial charge in [0.2, 0.25) is 0 Å². The molecule has 0 spiro atoms. The lowest BCUT2D eigenvalue weighted by Crippen LogP contribution is -2.37. The monoisotopic (exact) mass is 455 g/mol. The molecule has 0 aliphatic rings. The Morgan fingerprint density at radius 2 is 1.87 bits per heavy atom. The van der Waals surface area contributed by atoms with E-state index in [1.54, 1.807) is 36.4 Å². The molecule has 0 saturated heterocycles. The van der Waals surface area contributed by atoms with Crippen LogP contribution in [0.3, 0.4) is 0 Å². The Labute approximate surface area is 181 Å². The van der Waals surface area contributed by atoms with Crippen molar-refractivity contribution in [2.75, 3.05) is 6.61 Å². The van der Waals surface area contributed by atoms with Gasteiger partial charge in [0.1, 0.15) is 5.75 Å². The highest BCUT2D eigenvalue weighted by Crippen LogP contribution is 2.26. The highest BCUT2D eigenvalue weighted by atomic mass is 35.5. The fraction of sp³-hybridized carbons (Fsp3) is 0.333. The predicted octanol–water partition coefficient (Wildman–Crippen LogP) is 4.04. The maximum Gasteiger partial charge on any atom is 0.416 e. The molecule has 6 nitrogen and oxygen atoms in total. The van der Waals surface area contributed by atoms with Gasteiger partial charge in [-0.2, -0.15) is 13.2 Å². The summed E-state index contributed by atoms with van der Waals surface area (Å²) in [5.74, 6) is 0.588. The van der Waals surface area contributed by atoms with Crippen LogP contribution in [0.5, 0.6) is 5.75 Å². The van der Waals surface area contributed by atoms with Crippen molar-refractivity contribution in [2.45, 2.75) is 39.2 Å². The van der Waals surface area contributed by atoms with Crippen LogP contribution in [-0.4, -0.2) is 38.3 Å². The molecule has 0 fully saturated rings. The van der Waals surface area contributed by atoms with Gasteiger partial charge in [-0.1, -0.05) is 29.8 Å². The number of aryl methyl sites for hydroxylation is 1. The minimum absolute atomic E-state index is 0.00409. The van der Waals surface area contributed by atoms with E-state index in [1.807, 2.05) is 19.9 Å². The molecule has 0 aliphatic carbocycles. The number of halogens is 4. The summed E-state index contributed by atoms with van der Waals surface area (Å²) in [5, 5.41) is 14.3. The van der Waals surface area contributed by atoms with Gasteiger partial charge in [-0.15, -0.1) is 5.10 Å². The first-order valence-electron chi connectivity index (χ1n) is 9.51. The predicted molar refractivity (Wildman–Crippen MR) is 110 cm³/mol. The van der Waals surface area contributed by atoms with Crippen LogP contribution < -0.4 is 10.4 Å². The average molecular weight is 456 g/mol. The molecule has 3 aromatic rings. The summed E-state index contributed by atoms with van der Waals surface area (Å²) in [5.41, 5.74) is 1.13. The number of aliphatic hydroxyl groups excluding tert-OH is 1. The third kappa shape index (κ3) is 5.11. The maximum atomic E-state index is 13.0. The van der Waals surface area contributed by atoms with Crippen molar-refractivity contribution in [3.63, 3.8) is 0 Å². The lowest BCUT2D eigenvalue weighted by molar-refractivity contribution is -0.207. The lowest BCUT2D eigenvalue weighted by atomic mass is 10.1. The van der Waals surface area contributed by atoms with Gasteiger partial charge in [0.15, 0.2) is 11.9 Å². The molecular weight excluding hydrogens is 435 g/mol. The second-order valence-electron chi connectivity index (χ2n) is 6.93. The van der Waals surface area contributed by atoms with Crippen molar-refractivity contribution in [3.05, 3.63) is 69.1 Å². The van der Waals surface area contributed by atoms with E-state index in [4.69, 9.17) is 16.3 Å². The first kappa shape index (κ1) is 22.9. The first-order chi connectivity index (χ1) is 14.6. The molecule has 3 rings (SSSR count). The Morgan fingerprint density at radius 1 is 1.19 bits per heavy atom. The van der Waals surface area contributed by atoms with Gasteiger partial charge in [-0.05, 0) is 43.7 Å². The van der Waals surface area contributed by atoms with Gasteiger partial charge >= 0.3 is 11.9 Å². The highest BCUT2D eigenvalue weighted by molar-refractivity contribution is 6.30. The fourth-order valence-corrected chi connectivity index (χ4v) is 3.27. The van der Waals surface area contributed by atoms with E-state index < -0.39 is 24.5 Å². The topological polar surface area (TPSA) is 69.3 Å². The molecule has 0 radical (unpaired) electrons. The molecule has 1 aromatic heterocycles. The van der Waals surface area contributed by atoms with E-state index in [-0.39, 0.29) is 12.4 Å². The summed E-state index contributed by atoms with van der Waals surface area (Å²) in [6.07, 6.45) is -7.59. The fourth-order valence-electron chi connectivity index (χ4n) is 3.15. The second-order valence-corrected chi connectivity index (χ2v) is 7.37. The Balaban J connectivity index is 2.08. The van der Waals surface area contributed by atoms with Crippen molar-refractivity contribution in [1.82, 2.24) is 14.3 Å². The minimum Gasteiger partial charge on any atom is -0.493 e. The van der Waals surface area contributed by atoms with Gasteiger partial charge in [-0.25, -0.2) is 9.48 Å². The third-order valence-electron chi connectivity index (χ3n) is 4.66. The molecular formula is C21H21ClF3N3O3. The number of aromatic nitrogens is 3. The largest absolute Gasteiger partial charge is 0.493 e. The van der Waals surface area contributed by atoms with Crippen LogP contribution in [0.1, 0.15) is 18.1 Å². The molecule has 10 heteroatoms. The number of aliphatic hydroxyl groups is 1. The molecule has 0 unspecified atom stereocenters. The van der Waals surface area contributed by atoms with E-state index in [0.717, 1.165) is 14.8 Å². The number of hydrogen-bond donors (Lipinski definition) is 1. The summed E-state index contributed by atoms with van der Waals surface area (Å²) in [4.78, 5) is 13.0. The van der Waals surface area contributed by atoms with Crippen molar-refractivity contribution in [3.8, 4) is 17.1 Å². The number of rotatable bonds is 7. The Kier molecular flexibility index (Phi) is 6.76. The minimum atomic E-state index is -4.88. The highest BCUT2D eigenvalue weighted by Gasteiger charge is 2.39. The summed E-state index contributed by atoms with van der Waals surface area (Å²) in [6.45, 7) is 3.11. The quantitative estimate of drug-likeness (QED) is 0.583. The summed E-state index contributed by atoms with van der Waals surface area (Å²) < 4.78 is 46.4. The summed E-state index contributed by atoms with van der Waals surface area (Å²) in [6, 6.07) is 11.6. The molecule has 31 heavy (non-hydrogen) atoms. The van der Waals surface area contributed by atoms with E-state index in [1.165, 1.54) is 0 Å². The number of alkyl halides is 3. The van der Waals surface area contributed by atoms with Crippen molar-refractivity contribution < 1.29 is 23.0 Å². The van der Waals surface area contributed by atoms with Crippen molar-refractivity contribution in [2.24, 2.45) is 0 Å². The molecule has 1 heterocycles. The number of para-hydroxylation sites is 1. The number of hydrogen-bond acceptors (Lipinski definition) is 4. The average Bonchev–Trinajstić information content (AvgIpc) is 3.00. The van der Waals surface area contributed by atoms with E-state index in [0.29, 0.717) is 28.5 Å². The molecule has 0 amide bonds. The molecule has 0 saturated carbocycles. The van der Waals surface area contributed by atoms with Gasteiger partial charge in [-0.3, -0.25) is 4.57 Å². The van der Waals surface area contributed by atoms with Gasteiger partial charge < -0.3 is 9.84 Å². The molecule has 0 bridgehead atoms. The Bertz CT molecular complexity index is 1110. The Morgan fingerprint density at radius 3 is 2.48 bits per heavy atom. The molecule has 1 N–H and O–H groups in total. The van der Waals surface area contributed by atoms with Crippen molar-refractivity contribution >= 4 is 11.6 Å². The molecule has 166 valence electrons. The molecule has 1 atom stereocenters. The zero-order valence-corrected chi connectivity index (χ0v) is 17.6. The van der Waals surface area contributed by atoms with Crippen LogP contribution >= 0.6 is 11.6 Å². The maximum absolute atomic E-state index is 13.0. The van der Waals surface area contributed by atoms with Crippen LogP contribution in [0, 0.1) is 6.92 Å². The van der Waals surface area contributed by atoms with E-state index >= 15 is 0 Å². The van der Waals surface area contributed by atoms with Gasteiger partial charge in [0.05, 0.1) is 19.7 Å². The van der Waals surface area contributed by atoms with Crippen LogP contribution in [0.25, 0.3) is 11.4 Å². The number of nitrogens with zero attached hydrogens (tertiary/aromatic N) is 3. The summed E-state index contributed by atoms with van der Waals surface area (Å²) >= 11 is 5.89. The molecule has 2 aromatic carbocycles. The standard InChI is InChI=1S/C21H21ClF3N3O3/c1-3-31-18-13(2)5-4-6-15(18)11-28-20(30)27(12-17(29)21(23,24)25)19(26-28)14-7-9-16(22)10-8-14/h4-10,17,29H,3,11-12H2,1-2H3/t17-/m0/s1.